The molecular weight excluding hydrogens is 220 g/mol. The Hall–Kier alpha value is -0.860. The zero-order valence-corrected chi connectivity index (χ0v) is 11.9. The van der Waals surface area contributed by atoms with Gasteiger partial charge < -0.3 is 5.32 Å². The van der Waals surface area contributed by atoms with Gasteiger partial charge in [0.25, 0.3) is 0 Å². The summed E-state index contributed by atoms with van der Waals surface area (Å²) in [6, 6.07) is 12.0. The van der Waals surface area contributed by atoms with E-state index < -0.39 is 0 Å². The number of nitrogens with one attached hydrogen (secondary N) is 1. The lowest BCUT2D eigenvalue weighted by Crippen LogP contribution is -2.40. The van der Waals surface area contributed by atoms with Crippen molar-refractivity contribution in [2.75, 3.05) is 20.1 Å². The van der Waals surface area contributed by atoms with Gasteiger partial charge in [-0.05, 0) is 45.2 Å². The van der Waals surface area contributed by atoms with E-state index in [1.807, 2.05) is 7.05 Å². The highest BCUT2D eigenvalue weighted by Crippen LogP contribution is 2.33. The predicted octanol–water partition coefficient (Wildman–Crippen LogP) is 3.07. The van der Waals surface area contributed by atoms with Gasteiger partial charge in [-0.3, -0.25) is 4.90 Å². The van der Waals surface area contributed by atoms with Crippen molar-refractivity contribution in [1.82, 2.24) is 10.2 Å². The van der Waals surface area contributed by atoms with E-state index in [1.54, 1.807) is 0 Å². The van der Waals surface area contributed by atoms with Gasteiger partial charge in [-0.15, -0.1) is 0 Å². The molecule has 1 aliphatic rings. The largest absolute Gasteiger partial charge is 0.318 e. The van der Waals surface area contributed by atoms with Gasteiger partial charge in [-0.1, -0.05) is 30.3 Å². The lowest BCUT2D eigenvalue weighted by Gasteiger charge is -2.35. The van der Waals surface area contributed by atoms with Crippen molar-refractivity contribution in [1.29, 1.82) is 0 Å². The summed E-state index contributed by atoms with van der Waals surface area (Å²) in [4.78, 5) is 2.66. The Morgan fingerprint density at radius 2 is 1.89 bits per heavy atom. The molecule has 0 heterocycles. The topological polar surface area (TPSA) is 15.3 Å². The number of rotatable bonds is 7. The molecule has 0 bridgehead atoms. The molecule has 2 rings (SSSR count). The molecule has 1 atom stereocenters. The average molecular weight is 246 g/mol. The maximum absolute atomic E-state index is 3.35. The molecule has 1 fully saturated rings. The Morgan fingerprint density at radius 3 is 2.39 bits per heavy atom. The highest BCUT2D eigenvalue weighted by Gasteiger charge is 2.29. The summed E-state index contributed by atoms with van der Waals surface area (Å²) in [6.07, 6.45) is 2.84. The fourth-order valence-corrected chi connectivity index (χ4v) is 2.59. The first-order valence-corrected chi connectivity index (χ1v) is 7.17. The number of nitrogens with zero attached hydrogens (tertiary/aromatic N) is 1. The third kappa shape index (κ3) is 3.56. The van der Waals surface area contributed by atoms with Crippen molar-refractivity contribution in [2.24, 2.45) is 5.92 Å². The summed E-state index contributed by atoms with van der Waals surface area (Å²) in [5, 5.41) is 3.35. The number of hydrogen-bond donors (Lipinski definition) is 1. The van der Waals surface area contributed by atoms with Crippen LogP contribution in [-0.2, 0) is 0 Å². The molecule has 1 aliphatic carbocycles. The van der Waals surface area contributed by atoms with Gasteiger partial charge in [-0.2, -0.15) is 0 Å². The van der Waals surface area contributed by atoms with Crippen molar-refractivity contribution in [2.45, 2.75) is 38.8 Å². The van der Waals surface area contributed by atoms with Crippen LogP contribution in [-0.4, -0.2) is 31.1 Å². The molecule has 1 saturated carbocycles. The molecule has 1 N–H and O–H groups in total. The Balaban J connectivity index is 2.14. The maximum Gasteiger partial charge on any atom is 0.0475 e. The van der Waals surface area contributed by atoms with Crippen LogP contribution >= 0.6 is 0 Å². The lowest BCUT2D eigenvalue weighted by molar-refractivity contribution is 0.144. The van der Waals surface area contributed by atoms with Gasteiger partial charge in [0.05, 0.1) is 0 Å². The Bertz CT molecular complexity index is 343. The summed E-state index contributed by atoms with van der Waals surface area (Å²) in [5.41, 5.74) is 1.43. The third-order valence-corrected chi connectivity index (χ3v) is 3.81. The summed E-state index contributed by atoms with van der Waals surface area (Å²) in [7, 11) is 2.05. The first-order valence-electron chi connectivity index (χ1n) is 7.17. The van der Waals surface area contributed by atoms with Crippen molar-refractivity contribution in [3.8, 4) is 0 Å². The molecule has 0 aromatic heterocycles. The van der Waals surface area contributed by atoms with Crippen molar-refractivity contribution in [3.05, 3.63) is 35.9 Å². The molecule has 1 aromatic carbocycles. The van der Waals surface area contributed by atoms with Crippen LogP contribution in [0.2, 0.25) is 0 Å². The summed E-state index contributed by atoms with van der Waals surface area (Å²) >= 11 is 0. The van der Waals surface area contributed by atoms with E-state index in [4.69, 9.17) is 0 Å². The zero-order chi connectivity index (χ0) is 13.0. The molecule has 0 saturated heterocycles. The summed E-state index contributed by atoms with van der Waals surface area (Å²) in [5.74, 6) is 0.940. The average Bonchev–Trinajstić information content (AvgIpc) is 3.18. The third-order valence-electron chi connectivity index (χ3n) is 3.81. The maximum atomic E-state index is 3.35. The first-order chi connectivity index (χ1) is 8.72. The molecular formula is C16H26N2. The number of hydrogen-bond acceptors (Lipinski definition) is 2. The van der Waals surface area contributed by atoms with Crippen LogP contribution in [0.15, 0.2) is 30.3 Å². The standard InChI is InChI=1S/C16H26N2/c1-13(2)18(12-14-9-10-14)16(11-17-3)15-7-5-4-6-8-15/h4-8,13-14,16-17H,9-12H2,1-3H3. The fraction of sp³-hybridized carbons (Fsp3) is 0.625. The van der Waals surface area contributed by atoms with Gasteiger partial charge in [0, 0.05) is 25.2 Å². The van der Waals surface area contributed by atoms with Gasteiger partial charge in [0.2, 0.25) is 0 Å². The van der Waals surface area contributed by atoms with E-state index in [0.29, 0.717) is 12.1 Å². The van der Waals surface area contributed by atoms with Crippen LogP contribution in [0.4, 0.5) is 0 Å². The smallest absolute Gasteiger partial charge is 0.0475 e. The normalized spacial score (nSPS) is 17.4. The molecule has 1 aromatic rings. The molecule has 0 radical (unpaired) electrons. The van der Waals surface area contributed by atoms with Crippen LogP contribution in [0.3, 0.4) is 0 Å². The van der Waals surface area contributed by atoms with E-state index in [2.05, 4.69) is 54.4 Å². The zero-order valence-electron chi connectivity index (χ0n) is 11.9. The van der Waals surface area contributed by atoms with Crippen LogP contribution in [0.25, 0.3) is 0 Å². The summed E-state index contributed by atoms with van der Waals surface area (Å²) in [6.45, 7) is 6.90. The van der Waals surface area contributed by atoms with Gasteiger partial charge in [-0.25, -0.2) is 0 Å². The van der Waals surface area contributed by atoms with E-state index in [0.717, 1.165) is 12.5 Å². The molecule has 0 spiro atoms. The van der Waals surface area contributed by atoms with Crippen molar-refractivity contribution in [3.63, 3.8) is 0 Å². The molecule has 1 unspecified atom stereocenters. The minimum absolute atomic E-state index is 0.497. The monoisotopic (exact) mass is 246 g/mol. The Labute approximate surface area is 111 Å². The van der Waals surface area contributed by atoms with E-state index in [9.17, 15) is 0 Å². The fourth-order valence-electron chi connectivity index (χ4n) is 2.59. The molecule has 2 heteroatoms. The van der Waals surface area contributed by atoms with Crippen LogP contribution in [0.5, 0.6) is 0 Å². The highest BCUT2D eigenvalue weighted by atomic mass is 15.2. The minimum Gasteiger partial charge on any atom is -0.318 e. The van der Waals surface area contributed by atoms with E-state index in [-0.39, 0.29) is 0 Å². The van der Waals surface area contributed by atoms with Crippen molar-refractivity contribution < 1.29 is 0 Å². The Morgan fingerprint density at radius 1 is 1.22 bits per heavy atom. The second kappa shape index (κ2) is 6.35. The molecule has 2 nitrogen and oxygen atoms in total. The molecule has 18 heavy (non-hydrogen) atoms. The van der Waals surface area contributed by atoms with Crippen LogP contribution in [0, 0.1) is 5.92 Å². The minimum atomic E-state index is 0.497. The van der Waals surface area contributed by atoms with E-state index in [1.165, 1.54) is 24.9 Å². The number of benzene rings is 1. The second-order valence-electron chi connectivity index (χ2n) is 5.72. The first kappa shape index (κ1) is 13.6. The van der Waals surface area contributed by atoms with E-state index >= 15 is 0 Å². The molecule has 0 aliphatic heterocycles. The number of likely N-dealkylation sites (N-methyl/N-ethyl adjacent to an activating group) is 1. The quantitative estimate of drug-likeness (QED) is 0.795. The lowest BCUT2D eigenvalue weighted by atomic mass is 10.0. The van der Waals surface area contributed by atoms with Crippen LogP contribution in [0.1, 0.15) is 38.3 Å². The summed E-state index contributed by atoms with van der Waals surface area (Å²) < 4.78 is 0. The van der Waals surface area contributed by atoms with Gasteiger partial charge in [0.15, 0.2) is 0 Å². The highest BCUT2D eigenvalue weighted by molar-refractivity contribution is 5.19. The van der Waals surface area contributed by atoms with Crippen molar-refractivity contribution >= 4 is 0 Å². The Kier molecular flexibility index (Phi) is 4.79. The van der Waals surface area contributed by atoms with Gasteiger partial charge >= 0.3 is 0 Å². The SMILES string of the molecule is CNCC(c1ccccc1)N(CC1CC1)C(C)C. The van der Waals surface area contributed by atoms with Crippen LogP contribution < -0.4 is 5.32 Å². The van der Waals surface area contributed by atoms with Gasteiger partial charge in [0.1, 0.15) is 0 Å². The second-order valence-corrected chi connectivity index (χ2v) is 5.72. The predicted molar refractivity (Wildman–Crippen MR) is 77.7 cm³/mol. The molecule has 100 valence electrons. The molecule has 0 amide bonds.